The molecular weight excluding hydrogens is 753 g/mol. The number of nitrogens with zero attached hydrogens (tertiary/aromatic N) is 2. The van der Waals surface area contributed by atoms with E-state index in [-0.39, 0.29) is 5.41 Å². The van der Waals surface area contributed by atoms with Crippen molar-refractivity contribution in [3.05, 3.63) is 193 Å². The molecule has 61 heavy (non-hydrogen) atoms. The minimum atomic E-state index is -1.84. The van der Waals surface area contributed by atoms with E-state index in [1.165, 1.54) is 118 Å². The van der Waals surface area contributed by atoms with Gasteiger partial charge in [0.15, 0.2) is 0 Å². The van der Waals surface area contributed by atoms with Gasteiger partial charge in [-0.1, -0.05) is 169 Å². The molecule has 3 heteroatoms. The summed E-state index contributed by atoms with van der Waals surface area (Å²) >= 11 is 0. The van der Waals surface area contributed by atoms with Gasteiger partial charge in [0.05, 0.1) is 0 Å². The molecule has 0 radical (unpaired) electrons. The number of rotatable bonds is 14. The van der Waals surface area contributed by atoms with E-state index >= 15 is 0 Å². The molecule has 7 aromatic carbocycles. The Kier molecular flexibility index (Phi) is 11.9. The highest BCUT2D eigenvalue weighted by Gasteiger charge is 2.38. The molecule has 7 aromatic rings. The molecule has 1 saturated carbocycles. The smallest absolute Gasteiger partial charge is 0.113 e. The molecule has 0 amide bonds. The Balaban J connectivity index is 1.07. The van der Waals surface area contributed by atoms with Gasteiger partial charge in [0.2, 0.25) is 0 Å². The lowest BCUT2D eigenvalue weighted by Crippen LogP contribution is -2.49. The van der Waals surface area contributed by atoms with Crippen LogP contribution in [-0.4, -0.2) is 8.07 Å². The second-order valence-corrected chi connectivity index (χ2v) is 22.5. The van der Waals surface area contributed by atoms with Crippen LogP contribution in [0.5, 0.6) is 0 Å². The Morgan fingerprint density at radius 1 is 0.475 bits per heavy atom. The largest absolute Gasteiger partial charge is 0.311 e. The number of para-hydroxylation sites is 2. The highest BCUT2D eigenvalue weighted by molar-refractivity contribution is 7.03. The summed E-state index contributed by atoms with van der Waals surface area (Å²) in [7, 11) is -1.84. The monoisotopic (exact) mass is 814 g/mol. The van der Waals surface area contributed by atoms with Gasteiger partial charge >= 0.3 is 0 Å². The number of anilines is 6. The predicted molar refractivity (Wildman–Crippen MR) is 265 cm³/mol. The topological polar surface area (TPSA) is 6.48 Å². The molecule has 1 fully saturated rings. The summed E-state index contributed by atoms with van der Waals surface area (Å²) in [6, 6.07) is 66.7. The van der Waals surface area contributed by atoms with E-state index in [2.05, 4.69) is 213 Å². The first-order valence-corrected chi connectivity index (χ1v) is 26.2. The van der Waals surface area contributed by atoms with Gasteiger partial charge in [0, 0.05) is 39.5 Å². The summed E-state index contributed by atoms with van der Waals surface area (Å²) in [5, 5.41) is 3.07. The van der Waals surface area contributed by atoms with Gasteiger partial charge < -0.3 is 9.80 Å². The van der Waals surface area contributed by atoms with Crippen molar-refractivity contribution in [1.82, 2.24) is 0 Å². The minimum absolute atomic E-state index is 0.0992. The zero-order valence-electron chi connectivity index (χ0n) is 36.8. The van der Waals surface area contributed by atoms with Crippen LogP contribution in [0, 0.1) is 0 Å². The Labute approximate surface area is 367 Å². The maximum Gasteiger partial charge on any atom is 0.113 e. The predicted octanol–water partition coefficient (Wildman–Crippen LogP) is 15.8. The van der Waals surface area contributed by atoms with Crippen molar-refractivity contribution in [2.45, 2.75) is 102 Å². The summed E-state index contributed by atoms with van der Waals surface area (Å²) in [6.45, 7) is 9.72. The number of hydrogen-bond donors (Lipinski definition) is 0. The maximum atomic E-state index is 2.51. The van der Waals surface area contributed by atoms with E-state index < -0.39 is 8.07 Å². The first kappa shape index (κ1) is 40.7. The fourth-order valence-corrected chi connectivity index (χ4v) is 13.9. The number of unbranched alkanes of at least 4 members (excludes halogenated alkanes) is 2. The maximum absolute atomic E-state index is 2.51. The highest BCUT2D eigenvalue weighted by atomic mass is 28.3. The standard InChI is InChI=1S/C58H62N2Si/c1-5-7-19-42-58(6-2,46-30-36-51(37-31-46)59(48-22-13-9-14-23-48)50-34-28-45(29-35-50)44-20-11-8-12-21-44)47-32-38-52(39-33-47)60(49-24-15-10-16-25-49)53-40-41-55-54-26-17-18-27-56(54)61(3,4)57(55)43-53/h9-10,13-18,22-41,43-44H,5-8,11-12,19-21,42H2,1-4H3. The molecule has 0 spiro atoms. The van der Waals surface area contributed by atoms with Crippen LogP contribution >= 0.6 is 0 Å². The lowest BCUT2D eigenvalue weighted by molar-refractivity contribution is 0.431. The fraction of sp³-hybridized carbons (Fsp3) is 0.276. The average Bonchev–Trinajstić information content (AvgIpc) is 3.55. The van der Waals surface area contributed by atoms with Crippen LogP contribution in [0.25, 0.3) is 11.1 Å². The van der Waals surface area contributed by atoms with Gasteiger partial charge in [-0.05, 0) is 143 Å². The molecule has 9 rings (SSSR count). The average molecular weight is 815 g/mol. The Bertz CT molecular complexity index is 2520. The van der Waals surface area contributed by atoms with Crippen LogP contribution in [0.15, 0.2) is 176 Å². The summed E-state index contributed by atoms with van der Waals surface area (Å²) in [5.74, 6) is 0.698. The SMILES string of the molecule is CCCCCC(CC)(c1ccc(N(c2ccccc2)c2ccc(C3CCCCC3)cc2)cc1)c1ccc(N(c2ccccc2)c2ccc3c(c2)[Si](C)(C)c2ccccc2-3)cc1. The van der Waals surface area contributed by atoms with Crippen LogP contribution < -0.4 is 20.2 Å². The van der Waals surface area contributed by atoms with Crippen molar-refractivity contribution in [2.24, 2.45) is 0 Å². The van der Waals surface area contributed by atoms with E-state index in [4.69, 9.17) is 0 Å². The van der Waals surface area contributed by atoms with Gasteiger partial charge in [0.1, 0.15) is 8.07 Å². The molecule has 0 aromatic heterocycles. The van der Waals surface area contributed by atoms with Gasteiger partial charge in [0.25, 0.3) is 0 Å². The highest BCUT2D eigenvalue weighted by Crippen LogP contribution is 2.45. The summed E-state index contributed by atoms with van der Waals surface area (Å²) < 4.78 is 0. The Hall–Kier alpha value is -5.64. The normalized spacial score (nSPS) is 15.4. The van der Waals surface area contributed by atoms with Crippen molar-refractivity contribution < 1.29 is 0 Å². The van der Waals surface area contributed by atoms with E-state index in [0.29, 0.717) is 5.92 Å². The van der Waals surface area contributed by atoms with Crippen molar-refractivity contribution >= 4 is 52.6 Å². The molecule has 2 nitrogen and oxygen atoms in total. The van der Waals surface area contributed by atoms with Gasteiger partial charge in [-0.15, -0.1) is 0 Å². The van der Waals surface area contributed by atoms with Crippen molar-refractivity contribution in [3.8, 4) is 11.1 Å². The number of benzene rings is 7. The molecule has 2 aliphatic rings. The van der Waals surface area contributed by atoms with Crippen molar-refractivity contribution in [3.63, 3.8) is 0 Å². The van der Waals surface area contributed by atoms with Gasteiger partial charge in [-0.3, -0.25) is 0 Å². The van der Waals surface area contributed by atoms with Crippen LogP contribution in [0.4, 0.5) is 34.1 Å². The molecule has 308 valence electrons. The summed E-state index contributed by atoms with van der Waals surface area (Å²) in [6.07, 6.45) is 12.5. The number of hydrogen-bond acceptors (Lipinski definition) is 2. The minimum Gasteiger partial charge on any atom is -0.311 e. The van der Waals surface area contributed by atoms with Crippen LogP contribution in [-0.2, 0) is 5.41 Å². The molecule has 0 N–H and O–H groups in total. The van der Waals surface area contributed by atoms with E-state index in [1.54, 1.807) is 5.19 Å². The molecular formula is C58H62N2Si. The third-order valence-corrected chi connectivity index (χ3v) is 17.8. The summed E-state index contributed by atoms with van der Waals surface area (Å²) in [5.41, 5.74) is 14.2. The first-order valence-electron chi connectivity index (χ1n) is 23.2. The van der Waals surface area contributed by atoms with Crippen LogP contribution in [0.1, 0.15) is 101 Å². The molecule has 1 unspecified atom stereocenters. The Morgan fingerprint density at radius 2 is 0.951 bits per heavy atom. The quantitative estimate of drug-likeness (QED) is 0.0797. The zero-order valence-corrected chi connectivity index (χ0v) is 37.8. The van der Waals surface area contributed by atoms with E-state index in [1.807, 2.05) is 0 Å². The second kappa shape index (κ2) is 17.8. The Morgan fingerprint density at radius 3 is 1.51 bits per heavy atom. The molecule has 1 atom stereocenters. The molecule has 0 bridgehead atoms. The second-order valence-electron chi connectivity index (χ2n) is 18.2. The van der Waals surface area contributed by atoms with E-state index in [0.717, 1.165) is 12.8 Å². The van der Waals surface area contributed by atoms with Crippen molar-refractivity contribution in [1.29, 1.82) is 0 Å². The lowest BCUT2D eigenvalue weighted by Gasteiger charge is -2.36. The molecule has 1 aliphatic carbocycles. The van der Waals surface area contributed by atoms with Gasteiger partial charge in [-0.25, -0.2) is 0 Å². The zero-order chi connectivity index (χ0) is 41.8. The molecule has 1 aliphatic heterocycles. The lowest BCUT2D eigenvalue weighted by atomic mass is 9.69. The van der Waals surface area contributed by atoms with Crippen molar-refractivity contribution in [2.75, 3.05) is 9.80 Å². The summed E-state index contributed by atoms with van der Waals surface area (Å²) in [4.78, 5) is 4.88. The fourth-order valence-electron chi connectivity index (χ4n) is 10.8. The molecule has 0 saturated heterocycles. The van der Waals surface area contributed by atoms with Gasteiger partial charge in [-0.2, -0.15) is 0 Å². The molecule has 1 heterocycles. The van der Waals surface area contributed by atoms with Crippen LogP contribution in [0.2, 0.25) is 13.1 Å². The third-order valence-electron chi connectivity index (χ3n) is 14.2. The number of fused-ring (bicyclic) bond motifs is 3. The van der Waals surface area contributed by atoms with E-state index in [9.17, 15) is 0 Å². The third kappa shape index (κ3) is 7.90. The van der Waals surface area contributed by atoms with Crippen LogP contribution in [0.3, 0.4) is 0 Å². The first-order chi connectivity index (χ1) is 29.9.